The fourth-order valence-electron chi connectivity index (χ4n) is 1.76. The number of sulfone groups is 1. The summed E-state index contributed by atoms with van der Waals surface area (Å²) < 4.78 is 37.8. The molecule has 6 heteroatoms. The summed E-state index contributed by atoms with van der Waals surface area (Å²) in [5, 5.41) is 3.02. The molecule has 1 aliphatic heterocycles. The number of benzene rings is 1. The smallest absolute Gasteiger partial charge is 0.154 e. The third kappa shape index (κ3) is 3.50. The van der Waals surface area contributed by atoms with Crippen molar-refractivity contribution in [3.8, 4) is 0 Å². The Kier molecular flexibility index (Phi) is 3.85. The second-order valence-electron chi connectivity index (χ2n) is 4.31. The summed E-state index contributed by atoms with van der Waals surface area (Å²) in [5.74, 6) is -0.383. The molecule has 3 nitrogen and oxygen atoms in total. The first-order chi connectivity index (χ1) is 7.96. The maximum absolute atomic E-state index is 13.5. The van der Waals surface area contributed by atoms with Crippen LogP contribution in [0.1, 0.15) is 5.56 Å². The van der Waals surface area contributed by atoms with Gasteiger partial charge in [-0.25, -0.2) is 12.8 Å². The van der Waals surface area contributed by atoms with Crippen molar-refractivity contribution < 1.29 is 12.8 Å². The van der Waals surface area contributed by atoms with Gasteiger partial charge in [-0.15, -0.1) is 0 Å². The van der Waals surface area contributed by atoms with Crippen molar-refractivity contribution in [3.63, 3.8) is 0 Å². The van der Waals surface area contributed by atoms with Crippen LogP contribution < -0.4 is 5.32 Å². The summed E-state index contributed by atoms with van der Waals surface area (Å²) in [6.07, 6.45) is 0. The van der Waals surface area contributed by atoms with Crippen molar-refractivity contribution in [1.82, 2.24) is 5.32 Å². The van der Waals surface area contributed by atoms with Gasteiger partial charge in [-0.3, -0.25) is 0 Å². The van der Waals surface area contributed by atoms with Crippen molar-refractivity contribution >= 4 is 25.8 Å². The zero-order valence-electron chi connectivity index (χ0n) is 9.12. The van der Waals surface area contributed by atoms with E-state index in [0.29, 0.717) is 4.47 Å². The molecule has 1 aromatic rings. The second-order valence-corrected chi connectivity index (χ2v) is 7.34. The molecule has 0 unspecified atom stereocenters. The molecule has 0 aromatic heterocycles. The molecule has 0 saturated carbocycles. The van der Waals surface area contributed by atoms with E-state index in [1.54, 1.807) is 6.07 Å². The van der Waals surface area contributed by atoms with E-state index in [1.807, 2.05) is 0 Å². The summed E-state index contributed by atoms with van der Waals surface area (Å²) in [5.41, 5.74) is 0.237. The lowest BCUT2D eigenvalue weighted by Crippen LogP contribution is -2.45. The van der Waals surface area contributed by atoms with Gasteiger partial charge in [0.2, 0.25) is 0 Å². The fraction of sp³-hybridized carbons (Fsp3) is 0.455. The maximum atomic E-state index is 13.5. The number of hydrogen-bond acceptors (Lipinski definition) is 3. The van der Waals surface area contributed by atoms with Crippen LogP contribution in [-0.4, -0.2) is 27.3 Å². The van der Waals surface area contributed by atoms with Crippen molar-refractivity contribution in [2.24, 2.45) is 5.92 Å². The molecule has 1 aliphatic rings. The van der Waals surface area contributed by atoms with E-state index in [4.69, 9.17) is 0 Å². The average molecular weight is 322 g/mol. The molecule has 0 amide bonds. The standard InChI is InChI=1S/C11H13BrFNO2S/c12-10-2-1-9(11(13)3-10)7-17(15,16)6-8-4-14-5-8/h1-3,8,14H,4-7H2. The predicted octanol–water partition coefficient (Wildman–Crippen LogP) is 1.72. The molecular formula is C11H13BrFNO2S. The minimum Gasteiger partial charge on any atom is -0.316 e. The molecule has 1 N–H and O–H groups in total. The van der Waals surface area contributed by atoms with Crippen molar-refractivity contribution in [1.29, 1.82) is 0 Å². The number of halogens is 2. The summed E-state index contributed by atoms with van der Waals surface area (Å²) in [6.45, 7) is 1.48. The molecule has 0 aliphatic carbocycles. The van der Waals surface area contributed by atoms with Gasteiger partial charge in [0.05, 0.1) is 11.5 Å². The van der Waals surface area contributed by atoms with E-state index in [2.05, 4.69) is 21.2 Å². The molecule has 1 saturated heterocycles. The van der Waals surface area contributed by atoms with Crippen LogP contribution in [0.15, 0.2) is 22.7 Å². The highest BCUT2D eigenvalue weighted by Gasteiger charge is 2.25. The average Bonchev–Trinajstić information content (AvgIpc) is 2.17. The van der Waals surface area contributed by atoms with E-state index < -0.39 is 15.7 Å². The number of nitrogens with one attached hydrogen (secondary N) is 1. The topological polar surface area (TPSA) is 46.2 Å². The van der Waals surface area contributed by atoms with E-state index >= 15 is 0 Å². The van der Waals surface area contributed by atoms with Gasteiger partial charge in [-0.1, -0.05) is 22.0 Å². The van der Waals surface area contributed by atoms with Crippen LogP contribution in [0.4, 0.5) is 4.39 Å². The van der Waals surface area contributed by atoms with Crippen molar-refractivity contribution in [2.45, 2.75) is 5.75 Å². The molecule has 2 rings (SSSR count). The van der Waals surface area contributed by atoms with Crippen LogP contribution in [0.25, 0.3) is 0 Å². The van der Waals surface area contributed by atoms with Crippen LogP contribution >= 0.6 is 15.9 Å². The van der Waals surface area contributed by atoms with E-state index in [-0.39, 0.29) is 23.0 Å². The van der Waals surface area contributed by atoms with Crippen molar-refractivity contribution in [3.05, 3.63) is 34.1 Å². The minimum atomic E-state index is -3.23. The first-order valence-electron chi connectivity index (χ1n) is 5.31. The second kappa shape index (κ2) is 5.04. The van der Waals surface area contributed by atoms with Crippen LogP contribution in [0, 0.1) is 11.7 Å². The van der Waals surface area contributed by atoms with Crippen molar-refractivity contribution in [2.75, 3.05) is 18.8 Å². The molecular weight excluding hydrogens is 309 g/mol. The summed E-state index contributed by atoms with van der Waals surface area (Å²) in [7, 11) is -3.23. The number of rotatable bonds is 4. The summed E-state index contributed by atoms with van der Waals surface area (Å²) in [6, 6.07) is 4.45. The lowest BCUT2D eigenvalue weighted by molar-refractivity contribution is 0.378. The lowest BCUT2D eigenvalue weighted by Gasteiger charge is -2.26. The highest BCUT2D eigenvalue weighted by molar-refractivity contribution is 9.10. The van der Waals surface area contributed by atoms with Gasteiger partial charge in [0.15, 0.2) is 9.84 Å². The van der Waals surface area contributed by atoms with Gasteiger partial charge >= 0.3 is 0 Å². The minimum absolute atomic E-state index is 0.134. The quantitative estimate of drug-likeness (QED) is 0.918. The van der Waals surface area contributed by atoms with Gasteiger partial charge < -0.3 is 5.32 Å². The van der Waals surface area contributed by atoms with E-state index in [0.717, 1.165) is 13.1 Å². The first-order valence-corrected chi connectivity index (χ1v) is 7.93. The maximum Gasteiger partial charge on any atom is 0.154 e. The van der Waals surface area contributed by atoms with Gasteiger partial charge in [0.1, 0.15) is 5.82 Å². The van der Waals surface area contributed by atoms with E-state index in [1.165, 1.54) is 12.1 Å². The lowest BCUT2D eigenvalue weighted by atomic mass is 10.1. The van der Waals surface area contributed by atoms with Crippen LogP contribution in [0.3, 0.4) is 0 Å². The molecule has 0 radical (unpaired) electrons. The zero-order chi connectivity index (χ0) is 12.5. The summed E-state index contributed by atoms with van der Waals surface area (Å²) in [4.78, 5) is 0. The monoisotopic (exact) mass is 321 g/mol. The van der Waals surface area contributed by atoms with Crippen LogP contribution in [0.2, 0.25) is 0 Å². The highest BCUT2D eigenvalue weighted by atomic mass is 79.9. The molecule has 0 spiro atoms. The van der Waals surface area contributed by atoms with Crippen LogP contribution in [-0.2, 0) is 15.6 Å². The Morgan fingerprint density at radius 2 is 2.12 bits per heavy atom. The Morgan fingerprint density at radius 1 is 1.41 bits per heavy atom. The SMILES string of the molecule is O=S(=O)(Cc1ccc(Br)cc1F)CC1CNC1. The first kappa shape index (κ1) is 13.0. The molecule has 17 heavy (non-hydrogen) atoms. The molecule has 1 heterocycles. The third-order valence-electron chi connectivity index (χ3n) is 2.75. The van der Waals surface area contributed by atoms with Gasteiger partial charge in [-0.05, 0) is 18.1 Å². The molecule has 94 valence electrons. The Balaban J connectivity index is 2.08. The molecule has 0 atom stereocenters. The fourth-order valence-corrected chi connectivity index (χ4v) is 3.87. The Hall–Kier alpha value is -0.460. The molecule has 0 bridgehead atoms. The normalized spacial score (nSPS) is 16.8. The van der Waals surface area contributed by atoms with Gasteiger partial charge in [0, 0.05) is 23.1 Å². The zero-order valence-corrected chi connectivity index (χ0v) is 11.5. The van der Waals surface area contributed by atoms with Gasteiger partial charge in [-0.2, -0.15) is 0 Å². The Morgan fingerprint density at radius 3 is 2.65 bits per heavy atom. The number of hydrogen-bond donors (Lipinski definition) is 1. The third-order valence-corrected chi connectivity index (χ3v) is 4.97. The van der Waals surface area contributed by atoms with E-state index in [9.17, 15) is 12.8 Å². The molecule has 1 aromatic carbocycles. The Bertz CT molecular complexity index is 514. The van der Waals surface area contributed by atoms with Crippen LogP contribution in [0.5, 0.6) is 0 Å². The largest absolute Gasteiger partial charge is 0.316 e. The summed E-state index contributed by atoms with van der Waals surface area (Å²) >= 11 is 3.14. The van der Waals surface area contributed by atoms with Gasteiger partial charge in [0.25, 0.3) is 0 Å². The Labute approximate surface area is 108 Å². The molecule has 1 fully saturated rings. The predicted molar refractivity (Wildman–Crippen MR) is 68.0 cm³/mol. The highest BCUT2D eigenvalue weighted by Crippen LogP contribution is 2.19.